The average Bonchev–Trinajstić information content (AvgIpc) is 2.56. The molecule has 0 aliphatic carbocycles. The second-order valence-electron chi connectivity index (χ2n) is 4.47. The summed E-state index contributed by atoms with van der Waals surface area (Å²) in [6.45, 7) is 4.54. The van der Waals surface area contributed by atoms with Gasteiger partial charge in [0, 0.05) is 23.0 Å². The van der Waals surface area contributed by atoms with Gasteiger partial charge in [0.05, 0.1) is 0 Å². The first-order chi connectivity index (χ1) is 7.27. The fourth-order valence-electron chi connectivity index (χ4n) is 2.45. The van der Waals surface area contributed by atoms with Crippen molar-refractivity contribution in [3.05, 3.63) is 42.0 Å². The van der Waals surface area contributed by atoms with Gasteiger partial charge in [-0.15, -0.1) is 0 Å². The normalized spacial score (nSPS) is 23.9. The fraction of sp³-hybridized carbons (Fsp3) is 0.286. The topological polar surface area (TPSA) is 12.0 Å². The van der Waals surface area contributed by atoms with Gasteiger partial charge in [0.2, 0.25) is 0 Å². The summed E-state index contributed by atoms with van der Waals surface area (Å²) in [6, 6.07) is 13.6. The van der Waals surface area contributed by atoms with Gasteiger partial charge in [0.25, 0.3) is 0 Å². The number of rotatable bonds is 0. The van der Waals surface area contributed by atoms with Gasteiger partial charge >= 0.3 is 0 Å². The minimum atomic E-state index is 0.547. The Morgan fingerprint density at radius 2 is 1.80 bits per heavy atom. The first kappa shape index (κ1) is 8.78. The van der Waals surface area contributed by atoms with Crippen molar-refractivity contribution in [3.8, 4) is 0 Å². The van der Waals surface area contributed by atoms with Crippen LogP contribution in [0.5, 0.6) is 0 Å². The Morgan fingerprint density at radius 3 is 2.67 bits per heavy atom. The fourth-order valence-corrected chi connectivity index (χ4v) is 2.45. The summed E-state index contributed by atoms with van der Waals surface area (Å²) < 4.78 is 0. The highest BCUT2D eigenvalue weighted by Gasteiger charge is 2.25. The van der Waals surface area contributed by atoms with E-state index in [1.165, 1.54) is 22.0 Å². The molecule has 0 amide bonds. The van der Waals surface area contributed by atoms with Crippen molar-refractivity contribution in [1.82, 2.24) is 0 Å². The zero-order chi connectivity index (χ0) is 10.4. The summed E-state index contributed by atoms with van der Waals surface area (Å²) in [7, 11) is 0. The summed E-state index contributed by atoms with van der Waals surface area (Å²) in [5.74, 6) is 0.615. The zero-order valence-electron chi connectivity index (χ0n) is 9.12. The van der Waals surface area contributed by atoms with Gasteiger partial charge < -0.3 is 5.32 Å². The molecule has 0 radical (unpaired) electrons. The third-order valence-electron chi connectivity index (χ3n) is 3.57. The van der Waals surface area contributed by atoms with Gasteiger partial charge in [0.1, 0.15) is 0 Å². The average molecular weight is 197 g/mol. The van der Waals surface area contributed by atoms with E-state index in [1.54, 1.807) is 0 Å². The molecule has 1 heteroatoms. The Hall–Kier alpha value is -1.50. The molecule has 2 unspecified atom stereocenters. The van der Waals surface area contributed by atoms with Crippen LogP contribution in [0.25, 0.3) is 10.8 Å². The molecule has 15 heavy (non-hydrogen) atoms. The second kappa shape index (κ2) is 2.99. The molecular formula is C14H15N. The molecule has 0 saturated heterocycles. The molecule has 1 nitrogen and oxygen atoms in total. The maximum absolute atomic E-state index is 3.59. The van der Waals surface area contributed by atoms with Crippen LogP contribution >= 0.6 is 0 Å². The van der Waals surface area contributed by atoms with Crippen molar-refractivity contribution in [2.75, 3.05) is 5.32 Å². The van der Waals surface area contributed by atoms with Crippen LogP contribution in [0.15, 0.2) is 36.4 Å². The van der Waals surface area contributed by atoms with Crippen LogP contribution in [0.4, 0.5) is 5.69 Å². The van der Waals surface area contributed by atoms with Crippen molar-refractivity contribution >= 4 is 16.5 Å². The third kappa shape index (κ3) is 1.16. The molecule has 1 aliphatic heterocycles. The standard InChI is InChI=1S/C14H15N/c1-9-10(2)15-14-12(9)8-7-11-5-3-4-6-13(11)14/h3-10,15H,1-2H3. The van der Waals surface area contributed by atoms with Gasteiger partial charge in [-0.3, -0.25) is 0 Å². The second-order valence-corrected chi connectivity index (χ2v) is 4.47. The number of hydrogen-bond acceptors (Lipinski definition) is 1. The number of nitrogens with one attached hydrogen (secondary N) is 1. The van der Waals surface area contributed by atoms with E-state index in [0.29, 0.717) is 12.0 Å². The number of hydrogen-bond donors (Lipinski definition) is 1. The predicted molar refractivity (Wildman–Crippen MR) is 65.4 cm³/mol. The van der Waals surface area contributed by atoms with Gasteiger partial charge in [0.15, 0.2) is 0 Å². The van der Waals surface area contributed by atoms with E-state index in [-0.39, 0.29) is 0 Å². The van der Waals surface area contributed by atoms with E-state index in [1.807, 2.05) is 0 Å². The van der Waals surface area contributed by atoms with Crippen molar-refractivity contribution < 1.29 is 0 Å². The van der Waals surface area contributed by atoms with Crippen molar-refractivity contribution in [2.45, 2.75) is 25.8 Å². The number of fused-ring (bicyclic) bond motifs is 3. The summed E-state index contributed by atoms with van der Waals surface area (Å²) in [5.41, 5.74) is 2.80. The highest BCUT2D eigenvalue weighted by molar-refractivity contribution is 5.96. The lowest BCUT2D eigenvalue weighted by molar-refractivity contribution is 0.690. The minimum Gasteiger partial charge on any atom is -0.381 e. The van der Waals surface area contributed by atoms with Crippen molar-refractivity contribution in [3.63, 3.8) is 0 Å². The molecule has 1 heterocycles. The maximum atomic E-state index is 3.59. The van der Waals surface area contributed by atoms with Crippen LogP contribution in [0, 0.1) is 0 Å². The van der Waals surface area contributed by atoms with Crippen molar-refractivity contribution in [1.29, 1.82) is 0 Å². The summed E-state index contributed by atoms with van der Waals surface area (Å²) >= 11 is 0. The van der Waals surface area contributed by atoms with Crippen LogP contribution in [-0.2, 0) is 0 Å². The Labute approximate surface area is 90.1 Å². The van der Waals surface area contributed by atoms with Crippen molar-refractivity contribution in [2.24, 2.45) is 0 Å². The highest BCUT2D eigenvalue weighted by Crippen LogP contribution is 2.40. The maximum Gasteiger partial charge on any atom is 0.0458 e. The molecule has 2 aromatic carbocycles. The molecule has 0 saturated carbocycles. The Morgan fingerprint density at radius 1 is 1.00 bits per heavy atom. The highest BCUT2D eigenvalue weighted by atomic mass is 15.0. The van der Waals surface area contributed by atoms with E-state index in [9.17, 15) is 0 Å². The molecule has 2 atom stereocenters. The molecule has 0 aromatic heterocycles. The third-order valence-corrected chi connectivity index (χ3v) is 3.57. The minimum absolute atomic E-state index is 0.547. The molecule has 3 rings (SSSR count). The molecule has 76 valence electrons. The van der Waals surface area contributed by atoms with Gasteiger partial charge in [-0.25, -0.2) is 0 Å². The summed E-state index contributed by atoms with van der Waals surface area (Å²) in [6.07, 6.45) is 0. The van der Waals surface area contributed by atoms with Crippen LogP contribution in [0.3, 0.4) is 0 Å². The van der Waals surface area contributed by atoms with E-state index in [0.717, 1.165) is 0 Å². The predicted octanol–water partition coefficient (Wildman–Crippen LogP) is 3.76. The lowest BCUT2D eigenvalue weighted by Crippen LogP contribution is -2.12. The van der Waals surface area contributed by atoms with Gasteiger partial charge in [-0.05, 0) is 17.9 Å². The monoisotopic (exact) mass is 197 g/mol. The van der Waals surface area contributed by atoms with Crippen LogP contribution in [0.2, 0.25) is 0 Å². The lowest BCUT2D eigenvalue weighted by Gasteiger charge is -2.08. The van der Waals surface area contributed by atoms with Gasteiger partial charge in [-0.1, -0.05) is 43.3 Å². The quantitative estimate of drug-likeness (QED) is 0.678. The van der Waals surface area contributed by atoms with E-state index in [4.69, 9.17) is 0 Å². The van der Waals surface area contributed by atoms with E-state index < -0.39 is 0 Å². The van der Waals surface area contributed by atoms with E-state index in [2.05, 4.69) is 55.6 Å². The lowest BCUT2D eigenvalue weighted by atomic mass is 9.96. The first-order valence-electron chi connectivity index (χ1n) is 5.55. The Kier molecular flexibility index (Phi) is 1.75. The molecule has 0 fully saturated rings. The number of benzene rings is 2. The molecule has 1 aliphatic rings. The zero-order valence-corrected chi connectivity index (χ0v) is 9.12. The first-order valence-corrected chi connectivity index (χ1v) is 5.55. The summed E-state index contributed by atoms with van der Waals surface area (Å²) in [5, 5.41) is 6.27. The smallest absolute Gasteiger partial charge is 0.0458 e. The van der Waals surface area contributed by atoms with Crippen LogP contribution in [-0.4, -0.2) is 6.04 Å². The molecule has 0 bridgehead atoms. The molecular weight excluding hydrogens is 182 g/mol. The summed E-state index contributed by atoms with van der Waals surface area (Å²) in [4.78, 5) is 0. The molecule has 1 N–H and O–H groups in total. The Bertz CT molecular complexity index is 516. The van der Waals surface area contributed by atoms with Crippen LogP contribution < -0.4 is 5.32 Å². The van der Waals surface area contributed by atoms with Gasteiger partial charge in [-0.2, -0.15) is 0 Å². The molecule has 2 aromatic rings. The Balaban J connectivity index is 2.33. The SMILES string of the molecule is CC1Nc2c(ccc3ccccc23)C1C. The molecule has 0 spiro atoms. The number of anilines is 1. The van der Waals surface area contributed by atoms with Crippen LogP contribution in [0.1, 0.15) is 25.3 Å². The largest absolute Gasteiger partial charge is 0.381 e. The van der Waals surface area contributed by atoms with E-state index >= 15 is 0 Å².